The molecule has 304 valence electrons. The number of aryl methyl sites for hydroxylation is 1. The van der Waals surface area contributed by atoms with E-state index in [9.17, 15) is 39.6 Å². The quantitative estimate of drug-likeness (QED) is 0.122. The van der Waals surface area contributed by atoms with Gasteiger partial charge in [0.05, 0.1) is 59.1 Å². The van der Waals surface area contributed by atoms with Crippen LogP contribution >= 0.6 is 0 Å². The molecule has 56 heavy (non-hydrogen) atoms. The second-order valence-corrected chi connectivity index (χ2v) is 15.5. The zero-order valence-corrected chi connectivity index (χ0v) is 32.9. The van der Waals surface area contributed by atoms with Crippen LogP contribution in [0, 0.1) is 0 Å². The number of nitrogens with zero attached hydrogens (tertiary/aromatic N) is 7. The van der Waals surface area contributed by atoms with Crippen LogP contribution in [0.3, 0.4) is 0 Å². The minimum atomic E-state index is -4.61. The molecule has 0 radical (unpaired) electrons. The lowest BCUT2D eigenvalue weighted by atomic mass is 10.4. The van der Waals surface area contributed by atoms with Crippen molar-refractivity contribution in [2.45, 2.75) is 28.8 Å². The van der Waals surface area contributed by atoms with E-state index in [1.807, 2.05) is 0 Å². The van der Waals surface area contributed by atoms with Crippen molar-refractivity contribution in [1.82, 2.24) is 44.1 Å². The Hall–Kier alpha value is -6.42. The third kappa shape index (κ3) is 11.3. The number of ether oxygens (including phenoxy) is 5. The number of sulfonamides is 2. The zero-order valence-electron chi connectivity index (χ0n) is 30.4. The molecule has 28 heteroatoms. The minimum Gasteiger partial charge on any atom is -0.481 e. The summed E-state index contributed by atoms with van der Waals surface area (Å²) < 4.78 is 103. The van der Waals surface area contributed by atoms with Crippen molar-refractivity contribution < 1.29 is 63.3 Å². The van der Waals surface area contributed by atoms with Crippen molar-refractivity contribution in [2.24, 2.45) is 7.05 Å². The average molecular weight is 846 g/mol. The second-order valence-electron chi connectivity index (χ2n) is 10.1. The predicted molar refractivity (Wildman–Crippen MR) is 190 cm³/mol. The monoisotopic (exact) mass is 845 g/mol. The molecule has 0 saturated heterocycles. The second kappa shape index (κ2) is 18.8. The van der Waals surface area contributed by atoms with Crippen molar-refractivity contribution in [3.8, 4) is 23.5 Å². The van der Waals surface area contributed by atoms with E-state index in [0.717, 1.165) is 23.1 Å². The number of aromatic nitrogens is 7. The Labute approximate surface area is 319 Å². The summed E-state index contributed by atoms with van der Waals surface area (Å²) in [6.07, 6.45) is 2.12. The fraction of sp³-hybridized carbons (Fsp3) is 0.321. The third-order valence-corrected chi connectivity index (χ3v) is 11.1. The molecule has 4 rings (SSSR count). The molecule has 0 saturated carbocycles. The smallest absolute Gasteiger partial charge is 0.342 e. The van der Waals surface area contributed by atoms with E-state index in [-0.39, 0.29) is 53.3 Å². The van der Waals surface area contributed by atoms with Crippen LogP contribution < -0.4 is 39.0 Å². The van der Waals surface area contributed by atoms with Gasteiger partial charge >= 0.3 is 18.0 Å². The van der Waals surface area contributed by atoms with Gasteiger partial charge in [-0.3, -0.25) is 15.3 Å². The van der Waals surface area contributed by atoms with Gasteiger partial charge in [0.25, 0.3) is 20.0 Å². The van der Waals surface area contributed by atoms with Gasteiger partial charge in [-0.25, -0.2) is 37.2 Å². The summed E-state index contributed by atoms with van der Waals surface area (Å²) in [5.41, 5.74) is -0.316. The number of anilines is 2. The molecule has 4 amide bonds. The number of rotatable bonds is 14. The van der Waals surface area contributed by atoms with E-state index >= 15 is 0 Å². The van der Waals surface area contributed by atoms with Gasteiger partial charge in [-0.1, -0.05) is 6.92 Å². The lowest BCUT2D eigenvalue weighted by Gasteiger charge is -2.11. The van der Waals surface area contributed by atoms with Crippen LogP contribution in [0.5, 0.6) is 23.5 Å². The number of carbonyl (C=O) groups excluding carboxylic acids is 3. The molecular formula is C28H35N11O14S3. The molecule has 0 spiro atoms. The number of hydrogen-bond acceptors (Lipinski definition) is 20. The van der Waals surface area contributed by atoms with E-state index in [4.69, 9.17) is 23.7 Å². The van der Waals surface area contributed by atoms with Crippen molar-refractivity contribution in [3.63, 3.8) is 0 Å². The number of hydrogen-bond donors (Lipinski definition) is 4. The van der Waals surface area contributed by atoms with Crippen molar-refractivity contribution >= 4 is 59.8 Å². The number of pyridine rings is 1. The van der Waals surface area contributed by atoms with E-state index in [1.54, 1.807) is 16.4 Å². The van der Waals surface area contributed by atoms with Gasteiger partial charge in [0.2, 0.25) is 35.4 Å². The maximum Gasteiger partial charge on any atom is 0.342 e. The van der Waals surface area contributed by atoms with Crippen molar-refractivity contribution in [2.75, 3.05) is 51.4 Å². The van der Waals surface area contributed by atoms with Gasteiger partial charge in [-0.05, 0) is 19.1 Å². The number of methoxy groups -OCH3 is 4. The van der Waals surface area contributed by atoms with Gasteiger partial charge < -0.3 is 23.7 Å². The Morgan fingerprint density at radius 3 is 1.62 bits per heavy atom. The fourth-order valence-electron chi connectivity index (χ4n) is 4.00. The molecule has 0 atom stereocenters. The predicted octanol–water partition coefficient (Wildman–Crippen LogP) is 0.107. The van der Waals surface area contributed by atoms with Crippen molar-refractivity contribution in [1.29, 1.82) is 0 Å². The highest BCUT2D eigenvalue weighted by Gasteiger charge is 2.31. The highest BCUT2D eigenvalue weighted by atomic mass is 32.2. The first kappa shape index (κ1) is 44.0. The van der Waals surface area contributed by atoms with Crippen LogP contribution in [0.2, 0.25) is 0 Å². The first-order valence-corrected chi connectivity index (χ1v) is 19.9. The molecule has 0 aliphatic rings. The fourth-order valence-corrected chi connectivity index (χ4v) is 7.76. The van der Waals surface area contributed by atoms with E-state index in [1.165, 1.54) is 60.6 Å². The molecule has 4 aromatic heterocycles. The Balaban J connectivity index is 0.000000300. The molecule has 0 aliphatic carbocycles. The number of esters is 1. The van der Waals surface area contributed by atoms with Gasteiger partial charge in [0.15, 0.2) is 19.9 Å². The molecule has 0 aliphatic heterocycles. The molecule has 0 bridgehead atoms. The lowest BCUT2D eigenvalue weighted by molar-refractivity contribution is 0.0521. The van der Waals surface area contributed by atoms with Crippen LogP contribution in [0.1, 0.15) is 24.2 Å². The topological polar surface area (TPSA) is 330 Å². The summed E-state index contributed by atoms with van der Waals surface area (Å²) in [7, 11) is -6.34. The highest BCUT2D eigenvalue weighted by Crippen LogP contribution is 2.21. The first-order valence-electron chi connectivity index (χ1n) is 15.3. The summed E-state index contributed by atoms with van der Waals surface area (Å²) in [5.74, 6) is -1.51. The number of nitrogens with one attached hydrogen (secondary N) is 4. The van der Waals surface area contributed by atoms with Gasteiger partial charge in [-0.2, -0.15) is 41.9 Å². The number of urea groups is 2. The highest BCUT2D eigenvalue weighted by molar-refractivity contribution is 7.93. The summed E-state index contributed by atoms with van der Waals surface area (Å²) in [5, 5.41) is 6.64. The van der Waals surface area contributed by atoms with Crippen LogP contribution in [0.4, 0.5) is 21.5 Å². The van der Waals surface area contributed by atoms with Crippen LogP contribution in [-0.2, 0) is 41.7 Å². The normalized spacial score (nSPS) is 11.2. The first-order chi connectivity index (χ1) is 26.3. The van der Waals surface area contributed by atoms with Crippen LogP contribution in [0.15, 0.2) is 51.6 Å². The van der Waals surface area contributed by atoms with Crippen molar-refractivity contribution in [3.05, 3.63) is 42.2 Å². The molecule has 0 unspecified atom stereocenters. The molecule has 0 fully saturated rings. The Morgan fingerprint density at radius 2 is 1.20 bits per heavy atom. The van der Waals surface area contributed by atoms with Crippen LogP contribution in [-0.4, -0.2) is 119 Å². The summed E-state index contributed by atoms with van der Waals surface area (Å²) in [4.78, 5) is 54.6. The van der Waals surface area contributed by atoms with E-state index in [0.29, 0.717) is 0 Å². The maximum atomic E-state index is 12.6. The zero-order chi connectivity index (χ0) is 41.8. The Kier molecular flexibility index (Phi) is 14.7. The molecule has 4 N–H and O–H groups in total. The van der Waals surface area contributed by atoms with Gasteiger partial charge in [0, 0.05) is 13.2 Å². The van der Waals surface area contributed by atoms with Crippen LogP contribution in [0.25, 0.3) is 0 Å². The summed E-state index contributed by atoms with van der Waals surface area (Å²) >= 11 is 0. The molecule has 25 nitrogen and oxygen atoms in total. The minimum absolute atomic E-state index is 0.0378. The Bertz CT molecular complexity index is 2370. The number of amides is 4. The SMILES string of the molecule is CCOC(=O)c1cnn(C)c1S(=O)(=O)NC(=O)Nc1nc(OC)cc(OC)n1.CCS(=O)(=O)c1cccnc1S(=O)(=O)NC(=O)Nc1nc(OC)cc(OC)n1. The van der Waals surface area contributed by atoms with E-state index < -0.39 is 62.9 Å². The third-order valence-electron chi connectivity index (χ3n) is 6.44. The summed E-state index contributed by atoms with van der Waals surface area (Å²) in [6, 6.07) is 2.66. The molecular weight excluding hydrogens is 811 g/mol. The number of sulfone groups is 1. The van der Waals surface area contributed by atoms with Gasteiger partial charge in [0.1, 0.15) is 10.5 Å². The lowest BCUT2D eigenvalue weighted by Crippen LogP contribution is -2.36. The Morgan fingerprint density at radius 1 is 0.732 bits per heavy atom. The molecule has 0 aromatic carbocycles. The van der Waals surface area contributed by atoms with E-state index in [2.05, 4.69) is 40.7 Å². The standard InChI is InChI=1S/C14H18N6O7S.C14H17N5O7S2/c1-5-27-12(21)8-7-15-20(2)11(8)28(23,24)19-14(22)18-13-16-9(25-3)6-10(17-13)26-4;1-4-27(21,22)9-6-5-7-15-12(9)28(23,24)19-14(20)18-13-16-10(25-2)8-11(17-13)26-3/h6-7H,5H2,1-4H3,(H2,16,17,18,19,22);5-8H,4H2,1-3H3,(H2,16,17,18,19,20). The number of carbonyl (C=O) groups is 3. The molecule has 4 aromatic rings. The average Bonchev–Trinajstić information content (AvgIpc) is 3.56. The maximum absolute atomic E-state index is 12.6. The van der Waals surface area contributed by atoms with Gasteiger partial charge in [-0.15, -0.1) is 0 Å². The summed E-state index contributed by atoms with van der Waals surface area (Å²) in [6.45, 7) is 2.96. The molecule has 4 heterocycles. The largest absolute Gasteiger partial charge is 0.481 e.